The Morgan fingerprint density at radius 3 is 2.33 bits per heavy atom. The van der Waals surface area contributed by atoms with Crippen molar-refractivity contribution in [2.45, 2.75) is 30.9 Å². The van der Waals surface area contributed by atoms with Gasteiger partial charge in [-0.2, -0.15) is 0 Å². The topological polar surface area (TPSA) is 52.7 Å². The molecule has 0 atom stereocenters. The van der Waals surface area contributed by atoms with Crippen molar-refractivity contribution >= 4 is 23.6 Å². The molecule has 2 rings (SSSR count). The van der Waals surface area contributed by atoms with Gasteiger partial charge in [0.25, 0.3) is 0 Å². The largest absolute Gasteiger partial charge is 0.349 e. The Hall–Kier alpha value is -0.750. The van der Waals surface area contributed by atoms with Gasteiger partial charge in [-0.05, 0) is 38.8 Å². The van der Waals surface area contributed by atoms with E-state index in [2.05, 4.69) is 5.32 Å². The highest BCUT2D eigenvalue weighted by Crippen LogP contribution is 2.23. The van der Waals surface area contributed by atoms with E-state index in [0.717, 1.165) is 51.9 Å². The smallest absolute Gasteiger partial charge is 0.232 e. The third-order valence-electron chi connectivity index (χ3n) is 4.37. The molecule has 2 fully saturated rings. The van der Waals surface area contributed by atoms with Crippen LogP contribution in [0.2, 0.25) is 0 Å². The van der Waals surface area contributed by atoms with Gasteiger partial charge >= 0.3 is 0 Å². The molecule has 1 N–H and O–H groups in total. The van der Waals surface area contributed by atoms with Crippen molar-refractivity contribution in [3.05, 3.63) is 0 Å². The van der Waals surface area contributed by atoms with E-state index in [1.807, 2.05) is 4.90 Å². The molecule has 0 saturated carbocycles. The minimum absolute atomic E-state index is 0.0983. The van der Waals surface area contributed by atoms with E-state index < -0.39 is 0 Å². The molecule has 2 heterocycles. The van der Waals surface area contributed by atoms with Gasteiger partial charge in [-0.1, -0.05) is 0 Å². The average molecular weight is 313 g/mol. The molecule has 2 amide bonds. The van der Waals surface area contributed by atoms with Gasteiger partial charge in [0.05, 0.1) is 5.75 Å². The average Bonchev–Trinajstić information content (AvgIpc) is 2.53. The molecule has 0 bridgehead atoms. The number of carbonyl (C=O) groups excluding carboxylic acids is 2. The summed E-state index contributed by atoms with van der Waals surface area (Å²) in [5.41, 5.74) is 0. The molecule has 0 aliphatic carbocycles. The molecule has 0 aromatic heterocycles. The van der Waals surface area contributed by atoms with Crippen molar-refractivity contribution in [2.75, 3.05) is 46.0 Å². The summed E-state index contributed by atoms with van der Waals surface area (Å²) in [6, 6.07) is 0. The van der Waals surface area contributed by atoms with E-state index in [1.54, 1.807) is 30.8 Å². The number of carbonyl (C=O) groups is 2. The Kier molecular flexibility index (Phi) is 6.36. The van der Waals surface area contributed by atoms with Crippen LogP contribution in [0.15, 0.2) is 0 Å². The number of nitrogens with one attached hydrogen (secondary N) is 1. The summed E-state index contributed by atoms with van der Waals surface area (Å²) >= 11 is 1.80. The summed E-state index contributed by atoms with van der Waals surface area (Å²) in [7, 11) is 3.60. The second-order valence-electron chi connectivity index (χ2n) is 6.15. The minimum Gasteiger partial charge on any atom is -0.349 e. The summed E-state index contributed by atoms with van der Waals surface area (Å²) in [5.74, 6) is 1.14. The zero-order chi connectivity index (χ0) is 15.2. The van der Waals surface area contributed by atoms with Gasteiger partial charge in [0.15, 0.2) is 0 Å². The Morgan fingerprint density at radius 1 is 1.14 bits per heavy atom. The fraction of sp³-hybridized carbons (Fsp3) is 0.867. The summed E-state index contributed by atoms with van der Waals surface area (Å²) in [6.45, 7) is 3.61. The van der Waals surface area contributed by atoms with Crippen LogP contribution in [0.3, 0.4) is 0 Å². The van der Waals surface area contributed by atoms with Crippen LogP contribution in [0.1, 0.15) is 25.7 Å². The van der Waals surface area contributed by atoms with Crippen molar-refractivity contribution in [2.24, 2.45) is 5.92 Å². The van der Waals surface area contributed by atoms with Crippen molar-refractivity contribution in [3.8, 4) is 0 Å². The van der Waals surface area contributed by atoms with Gasteiger partial charge < -0.3 is 15.1 Å². The Labute approximate surface area is 131 Å². The summed E-state index contributed by atoms with van der Waals surface area (Å²) in [5, 5.41) is 3.97. The van der Waals surface area contributed by atoms with E-state index in [9.17, 15) is 9.59 Å². The van der Waals surface area contributed by atoms with Crippen LogP contribution in [0.25, 0.3) is 0 Å². The lowest BCUT2D eigenvalue weighted by atomic mass is 9.95. The van der Waals surface area contributed by atoms with Crippen LogP contribution in [0, 0.1) is 5.92 Å². The second-order valence-corrected chi connectivity index (χ2v) is 7.44. The number of thioether (sulfide) groups is 1. The first-order valence-corrected chi connectivity index (χ1v) is 8.94. The van der Waals surface area contributed by atoms with E-state index in [1.165, 1.54) is 0 Å². The van der Waals surface area contributed by atoms with Gasteiger partial charge in [0.2, 0.25) is 11.8 Å². The van der Waals surface area contributed by atoms with Gasteiger partial charge in [-0.3, -0.25) is 9.59 Å². The molecule has 2 aliphatic rings. The summed E-state index contributed by atoms with van der Waals surface area (Å²) in [4.78, 5) is 27.8. The molecule has 0 spiro atoms. The maximum Gasteiger partial charge on any atom is 0.232 e. The van der Waals surface area contributed by atoms with Crippen molar-refractivity contribution in [3.63, 3.8) is 0 Å². The molecule has 0 aromatic carbocycles. The van der Waals surface area contributed by atoms with Crippen LogP contribution in [-0.2, 0) is 9.59 Å². The highest BCUT2D eigenvalue weighted by molar-refractivity contribution is 8.00. The fourth-order valence-electron chi connectivity index (χ4n) is 2.98. The maximum absolute atomic E-state index is 12.2. The zero-order valence-corrected chi connectivity index (χ0v) is 14.0. The number of hydrogen-bond donors (Lipinski definition) is 1. The number of hydrogen-bond acceptors (Lipinski definition) is 4. The lowest BCUT2D eigenvalue weighted by Gasteiger charge is -2.33. The van der Waals surface area contributed by atoms with Crippen molar-refractivity contribution in [1.82, 2.24) is 15.1 Å². The lowest BCUT2D eigenvalue weighted by molar-refractivity contribution is -0.138. The van der Waals surface area contributed by atoms with Crippen LogP contribution in [0.4, 0.5) is 0 Å². The Balaban J connectivity index is 1.69. The molecule has 0 aromatic rings. The SMILES string of the molecule is CN(C)C(=O)C1CCN(C(=O)CSC2CCNCC2)CC1. The first-order chi connectivity index (χ1) is 10.1. The van der Waals surface area contributed by atoms with Crippen LogP contribution in [0.5, 0.6) is 0 Å². The van der Waals surface area contributed by atoms with Crippen molar-refractivity contribution < 1.29 is 9.59 Å². The number of likely N-dealkylation sites (tertiary alicyclic amines) is 1. The fourth-order valence-corrected chi connectivity index (χ4v) is 4.11. The van der Waals surface area contributed by atoms with Crippen LogP contribution >= 0.6 is 11.8 Å². The molecular formula is C15H27N3O2S. The molecule has 6 heteroatoms. The van der Waals surface area contributed by atoms with E-state index in [-0.39, 0.29) is 17.7 Å². The van der Waals surface area contributed by atoms with E-state index >= 15 is 0 Å². The Morgan fingerprint density at radius 2 is 1.76 bits per heavy atom. The first kappa shape index (κ1) is 16.6. The predicted molar refractivity (Wildman–Crippen MR) is 86.3 cm³/mol. The summed E-state index contributed by atoms with van der Waals surface area (Å²) in [6.07, 6.45) is 3.94. The lowest BCUT2D eigenvalue weighted by Crippen LogP contribution is -2.43. The van der Waals surface area contributed by atoms with Crippen molar-refractivity contribution in [1.29, 1.82) is 0 Å². The van der Waals surface area contributed by atoms with Gasteiger partial charge in [0.1, 0.15) is 0 Å². The molecular weight excluding hydrogens is 286 g/mol. The van der Waals surface area contributed by atoms with E-state index in [0.29, 0.717) is 11.0 Å². The Bertz CT molecular complexity index is 362. The quantitative estimate of drug-likeness (QED) is 0.834. The second kappa shape index (κ2) is 8.03. The predicted octanol–water partition coefficient (Wildman–Crippen LogP) is 0.798. The number of piperidine rings is 2. The third-order valence-corrected chi connectivity index (χ3v) is 5.72. The third kappa shape index (κ3) is 4.88. The number of nitrogens with zero attached hydrogens (tertiary/aromatic N) is 2. The normalized spacial score (nSPS) is 21.3. The highest BCUT2D eigenvalue weighted by Gasteiger charge is 2.28. The van der Waals surface area contributed by atoms with Gasteiger partial charge in [0, 0.05) is 38.4 Å². The first-order valence-electron chi connectivity index (χ1n) is 7.89. The number of amides is 2. The molecule has 2 saturated heterocycles. The summed E-state index contributed by atoms with van der Waals surface area (Å²) < 4.78 is 0. The highest BCUT2D eigenvalue weighted by atomic mass is 32.2. The van der Waals surface area contributed by atoms with Gasteiger partial charge in [-0.25, -0.2) is 0 Å². The molecule has 5 nitrogen and oxygen atoms in total. The monoisotopic (exact) mass is 313 g/mol. The zero-order valence-electron chi connectivity index (χ0n) is 13.1. The standard InChI is InChI=1S/C15H27N3O2S/c1-17(2)15(20)12-5-9-18(10-6-12)14(19)11-21-13-3-7-16-8-4-13/h12-13,16H,3-11H2,1-2H3. The maximum atomic E-state index is 12.2. The molecule has 0 radical (unpaired) electrons. The van der Waals surface area contributed by atoms with Crippen LogP contribution in [-0.4, -0.2) is 72.9 Å². The van der Waals surface area contributed by atoms with Crippen LogP contribution < -0.4 is 5.32 Å². The molecule has 21 heavy (non-hydrogen) atoms. The van der Waals surface area contributed by atoms with Gasteiger partial charge in [-0.15, -0.1) is 11.8 Å². The molecule has 120 valence electrons. The minimum atomic E-state index is 0.0983. The molecule has 0 unspecified atom stereocenters. The number of rotatable bonds is 4. The van der Waals surface area contributed by atoms with E-state index in [4.69, 9.17) is 0 Å². The molecule has 2 aliphatic heterocycles.